The first-order valence-electron chi connectivity index (χ1n) is 12.3. The predicted molar refractivity (Wildman–Crippen MR) is 144 cm³/mol. The van der Waals surface area contributed by atoms with Crippen LogP contribution in [-0.4, -0.2) is 57.6 Å². The average Bonchev–Trinajstić information content (AvgIpc) is 3.38. The van der Waals surface area contributed by atoms with E-state index in [4.69, 9.17) is 20.9 Å². The van der Waals surface area contributed by atoms with Gasteiger partial charge in [-0.3, -0.25) is 15.0 Å². The first-order valence-corrected chi connectivity index (χ1v) is 12.6. The van der Waals surface area contributed by atoms with Crippen LogP contribution < -0.4 is 11.0 Å². The number of aliphatic hydroxyl groups is 2. The summed E-state index contributed by atoms with van der Waals surface area (Å²) in [4.78, 5) is 36.4. The predicted octanol–water partition coefficient (Wildman–Crippen LogP) is 2.98. The van der Waals surface area contributed by atoms with Gasteiger partial charge in [-0.15, -0.1) is 0 Å². The van der Waals surface area contributed by atoms with Crippen molar-refractivity contribution in [3.05, 3.63) is 105 Å². The summed E-state index contributed by atoms with van der Waals surface area (Å²) >= 11 is 6.09. The number of aromatic amines is 1. The smallest absolute Gasteiger partial charge is 0.336 e. The number of nitrogens with one attached hydrogen (secondary N) is 2. The van der Waals surface area contributed by atoms with Gasteiger partial charge in [-0.05, 0) is 47.2 Å². The molecule has 11 heteroatoms. The molecular weight excluding hydrogens is 526 g/mol. The summed E-state index contributed by atoms with van der Waals surface area (Å²) in [6.45, 7) is -0.563. The number of carbonyl (C=O) groups excluding carboxylic acids is 2. The van der Waals surface area contributed by atoms with E-state index in [1.54, 1.807) is 12.1 Å². The number of hydrogen-bond donors (Lipinski definition) is 4. The van der Waals surface area contributed by atoms with Gasteiger partial charge in [-0.25, -0.2) is 9.80 Å². The lowest BCUT2D eigenvalue weighted by Crippen LogP contribution is -2.47. The van der Waals surface area contributed by atoms with Crippen LogP contribution in [0.2, 0.25) is 5.02 Å². The summed E-state index contributed by atoms with van der Waals surface area (Å²) in [5, 5.41) is 24.7. The molecule has 0 bridgehead atoms. The lowest BCUT2D eigenvalue weighted by molar-refractivity contribution is -0.157. The van der Waals surface area contributed by atoms with E-state index in [1.165, 1.54) is 5.01 Å². The molecule has 0 spiro atoms. The highest BCUT2D eigenvalue weighted by Gasteiger charge is 2.25. The first-order chi connectivity index (χ1) is 18.8. The fourth-order valence-corrected chi connectivity index (χ4v) is 4.14. The largest absolute Gasteiger partial charge is 0.461 e. The first kappa shape index (κ1) is 28.1. The second-order valence-electron chi connectivity index (χ2n) is 8.95. The molecule has 4 N–H and O–H groups in total. The number of aromatic nitrogens is 1. The molecular formula is C28H28ClN3O7. The third-order valence-corrected chi connectivity index (χ3v) is 6.18. The van der Waals surface area contributed by atoms with Crippen LogP contribution >= 0.6 is 11.6 Å². The minimum Gasteiger partial charge on any atom is -0.461 e. The van der Waals surface area contributed by atoms with Crippen LogP contribution in [0.1, 0.15) is 29.0 Å². The number of esters is 1. The second kappa shape index (κ2) is 13.2. The maximum absolute atomic E-state index is 12.6. The van der Waals surface area contributed by atoms with E-state index in [0.29, 0.717) is 10.6 Å². The Balaban J connectivity index is 1.42. The zero-order chi connectivity index (χ0) is 27.8. The van der Waals surface area contributed by atoms with E-state index >= 15 is 0 Å². The maximum atomic E-state index is 12.6. The van der Waals surface area contributed by atoms with Gasteiger partial charge in [0.05, 0.1) is 12.6 Å². The van der Waals surface area contributed by atoms with E-state index in [2.05, 4.69) is 5.43 Å². The number of hydrogen-bond acceptors (Lipinski definition) is 8. The molecule has 1 heterocycles. The summed E-state index contributed by atoms with van der Waals surface area (Å²) in [5.41, 5.74) is 5.21. The SMILES string of the molecule is O=C(NN(Cc1ccc(-c2cccc(Cl)c2)cc1)CC(O)C(=O)OCC(O)C1=CCCC=C1)c1cc(=O)[nH]o1. The number of nitrogens with zero attached hydrogens (tertiary/aromatic N) is 1. The maximum Gasteiger partial charge on any atom is 0.336 e. The molecule has 2 atom stereocenters. The number of amides is 1. The number of aliphatic hydroxyl groups excluding tert-OH is 2. The fraction of sp³-hybridized carbons (Fsp3) is 0.250. The number of allylic oxidation sites excluding steroid dienone is 2. The van der Waals surface area contributed by atoms with Crippen LogP contribution in [0.15, 0.2) is 87.7 Å². The normalized spacial score (nSPS) is 14.5. The van der Waals surface area contributed by atoms with Gasteiger partial charge in [-0.2, -0.15) is 5.16 Å². The van der Waals surface area contributed by atoms with Crippen LogP contribution in [-0.2, 0) is 16.1 Å². The Hall–Kier alpha value is -3.96. The lowest BCUT2D eigenvalue weighted by Gasteiger charge is -2.25. The Morgan fingerprint density at radius 1 is 1.10 bits per heavy atom. The summed E-state index contributed by atoms with van der Waals surface area (Å²) in [6.07, 6.45) is 4.57. The number of hydrazine groups is 1. The van der Waals surface area contributed by atoms with Crippen LogP contribution in [0.3, 0.4) is 0 Å². The molecule has 204 valence electrons. The molecule has 39 heavy (non-hydrogen) atoms. The Bertz CT molecular complexity index is 1410. The van der Waals surface area contributed by atoms with Crippen molar-refractivity contribution >= 4 is 23.5 Å². The van der Waals surface area contributed by atoms with E-state index in [9.17, 15) is 24.6 Å². The minimum absolute atomic E-state index is 0.0981. The van der Waals surface area contributed by atoms with Crippen molar-refractivity contribution in [1.29, 1.82) is 0 Å². The summed E-state index contributed by atoms with van der Waals surface area (Å²) in [5.74, 6) is -1.98. The van der Waals surface area contributed by atoms with Crippen molar-refractivity contribution in [2.24, 2.45) is 0 Å². The van der Waals surface area contributed by atoms with Crippen LogP contribution in [0.4, 0.5) is 0 Å². The standard InChI is InChI=1S/C28H28ClN3O7/c29-22-8-4-7-21(13-22)19-11-9-18(10-12-19)15-32(30-27(36)25-14-26(35)31-39-25)16-23(33)28(37)38-17-24(34)20-5-2-1-3-6-20/h2,4-14,23-24,33-34H,1,3,15-17H2,(H,30,36)(H,31,35). The van der Waals surface area contributed by atoms with Gasteiger partial charge in [0, 0.05) is 11.6 Å². The van der Waals surface area contributed by atoms with E-state index in [-0.39, 0.29) is 25.5 Å². The Kier molecular flexibility index (Phi) is 9.50. The van der Waals surface area contributed by atoms with Gasteiger partial charge in [0.1, 0.15) is 12.7 Å². The molecule has 0 fully saturated rings. The number of benzene rings is 2. The number of rotatable bonds is 11. The lowest BCUT2D eigenvalue weighted by atomic mass is 10.0. The minimum atomic E-state index is -1.64. The summed E-state index contributed by atoms with van der Waals surface area (Å²) in [6, 6.07) is 15.8. The van der Waals surface area contributed by atoms with Crippen molar-refractivity contribution in [1.82, 2.24) is 15.6 Å². The van der Waals surface area contributed by atoms with E-state index < -0.39 is 29.6 Å². The molecule has 10 nitrogen and oxygen atoms in total. The van der Waals surface area contributed by atoms with E-state index in [0.717, 1.165) is 35.6 Å². The van der Waals surface area contributed by atoms with Crippen LogP contribution in [0.25, 0.3) is 11.1 Å². The zero-order valence-electron chi connectivity index (χ0n) is 20.9. The molecule has 0 saturated heterocycles. The van der Waals surface area contributed by atoms with Gasteiger partial charge in [0.15, 0.2) is 6.10 Å². The van der Waals surface area contributed by atoms with Crippen molar-refractivity contribution < 1.29 is 29.1 Å². The molecule has 1 aliphatic carbocycles. The summed E-state index contributed by atoms with van der Waals surface area (Å²) in [7, 11) is 0. The summed E-state index contributed by atoms with van der Waals surface area (Å²) < 4.78 is 9.96. The van der Waals surface area contributed by atoms with Gasteiger partial charge < -0.3 is 19.5 Å². The molecule has 0 saturated carbocycles. The van der Waals surface area contributed by atoms with Crippen molar-refractivity contribution in [3.63, 3.8) is 0 Å². The highest BCUT2D eigenvalue weighted by atomic mass is 35.5. The molecule has 1 aromatic heterocycles. The topological polar surface area (TPSA) is 145 Å². The second-order valence-corrected chi connectivity index (χ2v) is 9.39. The third-order valence-electron chi connectivity index (χ3n) is 5.95. The number of carbonyl (C=O) groups is 2. The number of ether oxygens (including phenoxy) is 1. The molecule has 1 aliphatic rings. The molecule has 2 unspecified atom stereocenters. The van der Waals surface area contributed by atoms with Crippen molar-refractivity contribution in [2.45, 2.75) is 31.6 Å². The Morgan fingerprint density at radius 3 is 2.56 bits per heavy atom. The molecule has 2 aromatic carbocycles. The Morgan fingerprint density at radius 2 is 1.90 bits per heavy atom. The molecule has 1 amide bonds. The molecule has 3 aromatic rings. The van der Waals surface area contributed by atoms with Gasteiger partial charge in [0.25, 0.3) is 5.56 Å². The van der Waals surface area contributed by atoms with Crippen LogP contribution in [0, 0.1) is 0 Å². The van der Waals surface area contributed by atoms with Gasteiger partial charge in [0.2, 0.25) is 5.76 Å². The van der Waals surface area contributed by atoms with Gasteiger partial charge in [-0.1, -0.05) is 66.2 Å². The quantitative estimate of drug-likeness (QED) is 0.209. The number of H-pyrrole nitrogens is 1. The fourth-order valence-electron chi connectivity index (χ4n) is 3.95. The monoisotopic (exact) mass is 553 g/mol. The van der Waals surface area contributed by atoms with Crippen LogP contribution in [0.5, 0.6) is 0 Å². The van der Waals surface area contributed by atoms with Crippen molar-refractivity contribution in [3.8, 4) is 11.1 Å². The molecule has 4 rings (SSSR count). The van der Waals surface area contributed by atoms with Gasteiger partial charge >= 0.3 is 11.9 Å². The highest BCUT2D eigenvalue weighted by Crippen LogP contribution is 2.23. The average molecular weight is 554 g/mol. The van der Waals surface area contributed by atoms with E-state index in [1.807, 2.05) is 59.8 Å². The third kappa shape index (κ3) is 8.01. The highest BCUT2D eigenvalue weighted by molar-refractivity contribution is 6.30. The Labute approximate surface area is 229 Å². The molecule has 0 radical (unpaired) electrons. The number of halogens is 1. The zero-order valence-corrected chi connectivity index (χ0v) is 21.6. The molecule has 0 aliphatic heterocycles. The van der Waals surface area contributed by atoms with Crippen molar-refractivity contribution in [2.75, 3.05) is 13.2 Å².